The molecule has 1 aromatic rings. The van der Waals surface area contributed by atoms with Crippen LogP contribution >= 0.6 is 0 Å². The van der Waals surface area contributed by atoms with Crippen LogP contribution in [0.3, 0.4) is 0 Å². The lowest BCUT2D eigenvalue weighted by Crippen LogP contribution is -2.50. The summed E-state index contributed by atoms with van der Waals surface area (Å²) >= 11 is 0. The Kier molecular flexibility index (Phi) is 5.46. The highest BCUT2D eigenvalue weighted by molar-refractivity contribution is 7.89. The number of nitrogens with zero attached hydrogens (tertiary/aromatic N) is 2. The molecule has 1 saturated heterocycles. The van der Waals surface area contributed by atoms with Gasteiger partial charge in [0.2, 0.25) is 10.0 Å². The average molecular weight is 366 g/mol. The maximum atomic E-state index is 12.7. The third-order valence-electron chi connectivity index (χ3n) is 4.01. The van der Waals surface area contributed by atoms with E-state index in [0.29, 0.717) is 16.9 Å². The molecule has 0 atom stereocenters. The molecule has 9 heteroatoms. The summed E-state index contributed by atoms with van der Waals surface area (Å²) in [7, 11) is -2.21. The van der Waals surface area contributed by atoms with Crippen LogP contribution in [0.5, 0.6) is 5.75 Å². The number of alkyl halides is 3. The fourth-order valence-corrected chi connectivity index (χ4v) is 4.51. The Morgan fingerprint density at radius 1 is 1.08 bits per heavy atom. The largest absolute Gasteiger partial charge is 0.496 e. The van der Waals surface area contributed by atoms with Crippen LogP contribution in [0, 0.1) is 13.8 Å². The molecular weight excluding hydrogens is 345 g/mol. The Labute approximate surface area is 140 Å². The van der Waals surface area contributed by atoms with Gasteiger partial charge < -0.3 is 4.74 Å². The Morgan fingerprint density at radius 3 is 2.00 bits per heavy atom. The van der Waals surface area contributed by atoms with Crippen LogP contribution in [0.2, 0.25) is 0 Å². The van der Waals surface area contributed by atoms with Crippen molar-refractivity contribution in [3.8, 4) is 5.75 Å². The number of aryl methyl sites for hydroxylation is 2. The van der Waals surface area contributed by atoms with Gasteiger partial charge in [-0.2, -0.15) is 17.5 Å². The van der Waals surface area contributed by atoms with E-state index in [2.05, 4.69) is 0 Å². The maximum Gasteiger partial charge on any atom is 0.401 e. The van der Waals surface area contributed by atoms with Gasteiger partial charge in [-0.15, -0.1) is 0 Å². The van der Waals surface area contributed by atoms with Crippen molar-refractivity contribution in [3.05, 3.63) is 23.3 Å². The molecule has 2 rings (SSSR count). The summed E-state index contributed by atoms with van der Waals surface area (Å²) in [4.78, 5) is 1.36. The van der Waals surface area contributed by atoms with Crippen LogP contribution in [0.25, 0.3) is 0 Å². The predicted octanol–water partition coefficient (Wildman–Crippen LogP) is 2.18. The first kappa shape index (κ1) is 19.0. The molecule has 24 heavy (non-hydrogen) atoms. The zero-order valence-corrected chi connectivity index (χ0v) is 14.7. The van der Waals surface area contributed by atoms with Crippen molar-refractivity contribution in [1.29, 1.82) is 0 Å². The van der Waals surface area contributed by atoms with Crippen molar-refractivity contribution in [2.75, 3.05) is 39.8 Å². The fourth-order valence-electron chi connectivity index (χ4n) is 2.91. The zero-order valence-electron chi connectivity index (χ0n) is 13.9. The minimum absolute atomic E-state index is 0.0442. The van der Waals surface area contributed by atoms with Gasteiger partial charge in [-0.05, 0) is 37.1 Å². The normalized spacial score (nSPS) is 17.9. The molecule has 0 radical (unpaired) electrons. The van der Waals surface area contributed by atoms with Crippen molar-refractivity contribution in [2.45, 2.75) is 24.9 Å². The van der Waals surface area contributed by atoms with E-state index in [1.807, 2.05) is 0 Å². The quantitative estimate of drug-likeness (QED) is 0.820. The van der Waals surface area contributed by atoms with Gasteiger partial charge in [-0.3, -0.25) is 4.90 Å². The lowest BCUT2D eigenvalue weighted by molar-refractivity contribution is -0.148. The van der Waals surface area contributed by atoms with Crippen molar-refractivity contribution >= 4 is 10.0 Å². The first-order chi connectivity index (χ1) is 11.0. The van der Waals surface area contributed by atoms with Crippen LogP contribution in [-0.2, 0) is 10.0 Å². The Hall–Kier alpha value is -1.32. The molecule has 0 aliphatic carbocycles. The molecule has 1 aromatic carbocycles. The number of hydrogen-bond acceptors (Lipinski definition) is 4. The molecule has 0 N–H and O–H groups in total. The number of piperazine rings is 1. The van der Waals surface area contributed by atoms with Crippen LogP contribution in [0.15, 0.2) is 17.0 Å². The van der Waals surface area contributed by atoms with E-state index in [1.54, 1.807) is 13.8 Å². The molecule has 0 spiro atoms. The van der Waals surface area contributed by atoms with E-state index >= 15 is 0 Å². The van der Waals surface area contributed by atoms with Gasteiger partial charge in [0.15, 0.2) is 0 Å². The third-order valence-corrected chi connectivity index (χ3v) is 5.89. The van der Waals surface area contributed by atoms with Crippen molar-refractivity contribution in [3.63, 3.8) is 0 Å². The minimum Gasteiger partial charge on any atom is -0.496 e. The van der Waals surface area contributed by atoms with Gasteiger partial charge >= 0.3 is 6.18 Å². The average Bonchev–Trinajstić information content (AvgIpc) is 2.45. The molecule has 1 aliphatic rings. The van der Waals surface area contributed by atoms with Gasteiger partial charge in [0.1, 0.15) is 5.75 Å². The van der Waals surface area contributed by atoms with Gasteiger partial charge in [0.05, 0.1) is 18.6 Å². The van der Waals surface area contributed by atoms with Crippen molar-refractivity contribution in [1.82, 2.24) is 9.21 Å². The maximum absolute atomic E-state index is 12.7. The van der Waals surface area contributed by atoms with E-state index in [-0.39, 0.29) is 31.1 Å². The highest BCUT2D eigenvalue weighted by Crippen LogP contribution is 2.28. The first-order valence-corrected chi connectivity index (χ1v) is 8.93. The summed E-state index contributed by atoms with van der Waals surface area (Å²) in [6, 6.07) is 3.06. The molecule has 1 aliphatic heterocycles. The van der Waals surface area contributed by atoms with Crippen molar-refractivity contribution < 1.29 is 26.3 Å². The number of rotatable bonds is 4. The smallest absolute Gasteiger partial charge is 0.401 e. The van der Waals surface area contributed by atoms with E-state index in [9.17, 15) is 21.6 Å². The van der Waals surface area contributed by atoms with Crippen LogP contribution in [0.1, 0.15) is 11.1 Å². The number of sulfonamides is 1. The van der Waals surface area contributed by atoms with Gasteiger partial charge in [-0.25, -0.2) is 8.42 Å². The van der Waals surface area contributed by atoms with Crippen molar-refractivity contribution in [2.24, 2.45) is 0 Å². The second-order valence-electron chi connectivity index (χ2n) is 5.89. The molecule has 1 heterocycles. The highest BCUT2D eigenvalue weighted by atomic mass is 32.2. The summed E-state index contributed by atoms with van der Waals surface area (Å²) in [5, 5.41) is 0. The molecule has 0 saturated carbocycles. The summed E-state index contributed by atoms with van der Waals surface area (Å²) in [5.41, 5.74) is 1.40. The molecule has 0 bridgehead atoms. The van der Waals surface area contributed by atoms with Gasteiger partial charge in [0.25, 0.3) is 0 Å². The molecular formula is C15H21F3N2O3S. The SMILES string of the molecule is COc1c(C)cc(S(=O)(=O)N2CCN(CC(F)(F)F)CC2)cc1C. The third kappa shape index (κ3) is 4.20. The number of hydrogen-bond donors (Lipinski definition) is 0. The summed E-state index contributed by atoms with van der Waals surface area (Å²) in [6.07, 6.45) is -4.27. The Balaban J connectivity index is 2.15. The van der Waals surface area contributed by atoms with Crippen LogP contribution < -0.4 is 4.74 Å². The number of halogens is 3. The second-order valence-corrected chi connectivity index (χ2v) is 7.82. The van der Waals surface area contributed by atoms with E-state index in [1.165, 1.54) is 28.4 Å². The highest BCUT2D eigenvalue weighted by Gasteiger charge is 2.35. The zero-order chi connectivity index (χ0) is 18.1. The molecule has 0 amide bonds. The Bertz CT molecular complexity index is 673. The molecule has 0 unspecified atom stereocenters. The second kappa shape index (κ2) is 6.89. The fraction of sp³-hybridized carbons (Fsp3) is 0.600. The lowest BCUT2D eigenvalue weighted by Gasteiger charge is -2.34. The number of ether oxygens (including phenoxy) is 1. The predicted molar refractivity (Wildman–Crippen MR) is 83.7 cm³/mol. The molecule has 5 nitrogen and oxygen atoms in total. The molecule has 1 fully saturated rings. The van der Waals surface area contributed by atoms with Gasteiger partial charge in [0, 0.05) is 26.2 Å². The van der Waals surface area contributed by atoms with Crippen LogP contribution in [0.4, 0.5) is 13.2 Å². The standard InChI is InChI=1S/C15H21F3N2O3S/c1-11-8-13(9-12(2)14(11)23-3)24(21,22)20-6-4-19(5-7-20)10-15(16,17)18/h8-9H,4-7,10H2,1-3H3. The topological polar surface area (TPSA) is 49.9 Å². The summed E-state index contributed by atoms with van der Waals surface area (Å²) < 4.78 is 69.2. The van der Waals surface area contributed by atoms with E-state index in [4.69, 9.17) is 4.74 Å². The lowest BCUT2D eigenvalue weighted by atomic mass is 10.1. The minimum atomic E-state index is -4.27. The van der Waals surface area contributed by atoms with E-state index < -0.39 is 22.7 Å². The molecule has 136 valence electrons. The summed E-state index contributed by atoms with van der Waals surface area (Å²) in [6.45, 7) is 2.71. The van der Waals surface area contributed by atoms with Crippen LogP contribution in [-0.4, -0.2) is 63.6 Å². The number of benzene rings is 1. The number of methoxy groups -OCH3 is 1. The monoisotopic (exact) mass is 366 g/mol. The van der Waals surface area contributed by atoms with Gasteiger partial charge in [-0.1, -0.05) is 0 Å². The molecule has 0 aromatic heterocycles. The van der Waals surface area contributed by atoms with E-state index in [0.717, 1.165) is 0 Å². The first-order valence-electron chi connectivity index (χ1n) is 7.49. The Morgan fingerprint density at radius 2 is 1.58 bits per heavy atom. The summed E-state index contributed by atoms with van der Waals surface area (Å²) in [5.74, 6) is 0.629.